The molecule has 1 aromatic heterocycles. The zero-order valence-electron chi connectivity index (χ0n) is 9.69. The van der Waals surface area contributed by atoms with Crippen molar-refractivity contribution < 1.29 is 5.11 Å². The van der Waals surface area contributed by atoms with Crippen molar-refractivity contribution in [2.24, 2.45) is 5.92 Å². The molecule has 1 heterocycles. The first kappa shape index (κ1) is 13.6. The van der Waals surface area contributed by atoms with Gasteiger partial charge in [-0.15, -0.1) is 11.8 Å². The average Bonchev–Trinajstić information content (AvgIpc) is 2.65. The number of thioether (sulfide) groups is 1. The van der Waals surface area contributed by atoms with E-state index in [2.05, 4.69) is 16.6 Å². The molecular formula is C10H19N3OS2. The van der Waals surface area contributed by atoms with Crippen molar-refractivity contribution in [3.05, 3.63) is 0 Å². The number of hydrogen-bond acceptors (Lipinski definition) is 6. The Morgan fingerprint density at radius 1 is 1.62 bits per heavy atom. The summed E-state index contributed by atoms with van der Waals surface area (Å²) in [6, 6.07) is 0. The number of anilines is 2. The molecule has 16 heavy (non-hydrogen) atoms. The molecule has 0 aliphatic heterocycles. The Hall–Kier alpha value is -0.460. The summed E-state index contributed by atoms with van der Waals surface area (Å²) in [6.45, 7) is 3.22. The topological polar surface area (TPSA) is 71.2 Å². The van der Waals surface area contributed by atoms with Crippen molar-refractivity contribution in [3.8, 4) is 0 Å². The summed E-state index contributed by atoms with van der Waals surface area (Å²) in [6.07, 6.45) is 4.08. The van der Waals surface area contributed by atoms with Gasteiger partial charge in [0.1, 0.15) is 5.00 Å². The van der Waals surface area contributed by atoms with Crippen LogP contribution >= 0.6 is 23.3 Å². The van der Waals surface area contributed by atoms with E-state index in [1.54, 1.807) is 11.8 Å². The normalized spacial score (nSPS) is 12.7. The molecule has 0 saturated carbocycles. The summed E-state index contributed by atoms with van der Waals surface area (Å²) in [5.41, 5.74) is 5.73. The van der Waals surface area contributed by atoms with Gasteiger partial charge in [0.05, 0.1) is 4.90 Å². The van der Waals surface area contributed by atoms with E-state index >= 15 is 0 Å². The van der Waals surface area contributed by atoms with Gasteiger partial charge >= 0.3 is 0 Å². The van der Waals surface area contributed by atoms with Crippen LogP contribution in [0.1, 0.15) is 19.8 Å². The predicted molar refractivity (Wildman–Crippen MR) is 72.3 cm³/mol. The van der Waals surface area contributed by atoms with E-state index in [-0.39, 0.29) is 6.61 Å². The maximum atomic E-state index is 8.89. The van der Waals surface area contributed by atoms with E-state index in [1.165, 1.54) is 11.5 Å². The molecule has 0 amide bonds. The second kappa shape index (κ2) is 6.98. The van der Waals surface area contributed by atoms with Crippen molar-refractivity contribution in [1.82, 2.24) is 4.37 Å². The van der Waals surface area contributed by atoms with Crippen molar-refractivity contribution in [2.45, 2.75) is 24.7 Å². The third-order valence-corrected chi connectivity index (χ3v) is 4.12. The number of aromatic nitrogens is 1. The van der Waals surface area contributed by atoms with E-state index in [1.807, 2.05) is 6.26 Å². The molecule has 0 fully saturated rings. The van der Waals surface area contributed by atoms with Crippen LogP contribution in [0.2, 0.25) is 0 Å². The Balaban J connectivity index is 2.31. The molecule has 0 radical (unpaired) electrons. The van der Waals surface area contributed by atoms with Crippen molar-refractivity contribution in [1.29, 1.82) is 0 Å². The highest BCUT2D eigenvalue weighted by Gasteiger charge is 2.09. The fourth-order valence-electron chi connectivity index (χ4n) is 1.35. The van der Waals surface area contributed by atoms with Crippen LogP contribution in [0.3, 0.4) is 0 Å². The van der Waals surface area contributed by atoms with Gasteiger partial charge in [-0.05, 0) is 36.5 Å². The minimum absolute atomic E-state index is 0.267. The van der Waals surface area contributed by atoms with Crippen molar-refractivity contribution >= 4 is 34.1 Å². The first-order valence-electron chi connectivity index (χ1n) is 5.32. The van der Waals surface area contributed by atoms with E-state index in [0.717, 1.165) is 29.3 Å². The molecule has 1 atom stereocenters. The lowest BCUT2D eigenvalue weighted by atomic mass is 10.1. The lowest BCUT2D eigenvalue weighted by molar-refractivity contribution is 0.229. The summed E-state index contributed by atoms with van der Waals surface area (Å²) in [5.74, 6) is 0.997. The second-order valence-corrected chi connectivity index (χ2v) is 5.38. The van der Waals surface area contributed by atoms with E-state index in [4.69, 9.17) is 10.8 Å². The number of nitrogen functional groups attached to an aromatic ring is 1. The monoisotopic (exact) mass is 261 g/mol. The Bertz CT molecular complexity index is 317. The maximum Gasteiger partial charge on any atom is 0.153 e. The molecule has 1 unspecified atom stereocenters. The van der Waals surface area contributed by atoms with E-state index in [0.29, 0.717) is 11.7 Å². The van der Waals surface area contributed by atoms with Gasteiger partial charge in [0.2, 0.25) is 0 Å². The van der Waals surface area contributed by atoms with Crippen LogP contribution in [0, 0.1) is 5.92 Å². The number of hydrogen-bond donors (Lipinski definition) is 3. The van der Waals surface area contributed by atoms with Crippen LogP contribution in [0.25, 0.3) is 0 Å². The third kappa shape index (κ3) is 3.84. The van der Waals surface area contributed by atoms with Crippen LogP contribution in [-0.4, -0.2) is 28.9 Å². The van der Waals surface area contributed by atoms with Crippen LogP contribution < -0.4 is 11.1 Å². The van der Waals surface area contributed by atoms with Crippen molar-refractivity contribution in [2.75, 3.05) is 30.5 Å². The maximum absolute atomic E-state index is 8.89. The summed E-state index contributed by atoms with van der Waals surface area (Å²) in [4.78, 5) is 1.04. The second-order valence-electron chi connectivity index (χ2n) is 3.79. The molecule has 1 rings (SSSR count). The molecule has 0 aromatic carbocycles. The highest BCUT2D eigenvalue weighted by atomic mass is 32.2. The Labute approximate surface area is 105 Å². The van der Waals surface area contributed by atoms with Crippen LogP contribution in [-0.2, 0) is 0 Å². The van der Waals surface area contributed by atoms with Gasteiger partial charge in [-0.25, -0.2) is 0 Å². The number of aliphatic hydroxyl groups excluding tert-OH is 1. The minimum atomic E-state index is 0.267. The quantitative estimate of drug-likeness (QED) is 0.519. The Kier molecular flexibility index (Phi) is 5.94. The smallest absolute Gasteiger partial charge is 0.153 e. The average molecular weight is 261 g/mol. The lowest BCUT2D eigenvalue weighted by Crippen LogP contribution is -2.06. The van der Waals surface area contributed by atoms with Crippen LogP contribution in [0.5, 0.6) is 0 Å². The summed E-state index contributed by atoms with van der Waals surface area (Å²) in [7, 11) is 0. The highest BCUT2D eigenvalue weighted by Crippen LogP contribution is 2.34. The molecule has 0 spiro atoms. The van der Waals surface area contributed by atoms with Crippen LogP contribution in [0.4, 0.5) is 10.8 Å². The largest absolute Gasteiger partial charge is 0.396 e. The van der Waals surface area contributed by atoms with E-state index in [9.17, 15) is 0 Å². The van der Waals surface area contributed by atoms with E-state index < -0.39 is 0 Å². The molecule has 1 aromatic rings. The fraction of sp³-hybridized carbons (Fsp3) is 0.700. The molecule has 4 nitrogen and oxygen atoms in total. The fourth-order valence-corrected chi connectivity index (χ4v) is 2.91. The molecule has 0 bridgehead atoms. The standard InChI is InChI=1S/C10H19N3OS2/c1-7(6-14)4-3-5-12-10-8(15-2)9(11)13-16-10/h7,12,14H,3-6H2,1-2H3,(H2,11,13). The number of nitrogens with two attached hydrogens (primary N) is 1. The van der Waals surface area contributed by atoms with Gasteiger partial charge in [-0.3, -0.25) is 0 Å². The number of nitrogens with zero attached hydrogens (tertiary/aromatic N) is 1. The summed E-state index contributed by atoms with van der Waals surface area (Å²) < 4.78 is 4.11. The highest BCUT2D eigenvalue weighted by molar-refractivity contribution is 7.99. The zero-order valence-corrected chi connectivity index (χ0v) is 11.3. The summed E-state index contributed by atoms with van der Waals surface area (Å²) in [5, 5.41) is 13.3. The number of rotatable bonds is 7. The van der Waals surface area contributed by atoms with Gasteiger partial charge in [0, 0.05) is 13.2 Å². The zero-order chi connectivity index (χ0) is 12.0. The first-order chi connectivity index (χ1) is 7.69. The molecular weight excluding hydrogens is 242 g/mol. The Morgan fingerprint density at radius 2 is 2.38 bits per heavy atom. The molecule has 92 valence electrons. The molecule has 0 aliphatic carbocycles. The molecule has 6 heteroatoms. The van der Waals surface area contributed by atoms with Gasteiger partial charge in [-0.2, -0.15) is 4.37 Å². The first-order valence-corrected chi connectivity index (χ1v) is 7.32. The predicted octanol–water partition coefficient (Wildman–Crippen LogP) is 2.27. The van der Waals surface area contributed by atoms with Gasteiger partial charge < -0.3 is 16.2 Å². The third-order valence-electron chi connectivity index (χ3n) is 2.35. The van der Waals surface area contributed by atoms with Gasteiger partial charge in [-0.1, -0.05) is 6.92 Å². The molecule has 0 aliphatic rings. The SMILES string of the molecule is CSc1c(N)nsc1NCCCC(C)CO. The van der Waals surface area contributed by atoms with Crippen LogP contribution in [0.15, 0.2) is 4.90 Å². The number of nitrogens with one attached hydrogen (secondary N) is 1. The molecule has 4 N–H and O–H groups in total. The Morgan fingerprint density at radius 3 is 3.00 bits per heavy atom. The van der Waals surface area contributed by atoms with Gasteiger partial charge in [0.25, 0.3) is 0 Å². The van der Waals surface area contributed by atoms with Crippen molar-refractivity contribution in [3.63, 3.8) is 0 Å². The lowest BCUT2D eigenvalue weighted by Gasteiger charge is -2.08. The van der Waals surface area contributed by atoms with Gasteiger partial charge in [0.15, 0.2) is 5.82 Å². The molecule has 0 saturated heterocycles. The summed E-state index contributed by atoms with van der Waals surface area (Å²) >= 11 is 3.03. The number of aliphatic hydroxyl groups is 1. The minimum Gasteiger partial charge on any atom is -0.396 e.